The first-order valence-electron chi connectivity index (χ1n) is 6.88. The Kier molecular flexibility index (Phi) is 4.30. The molecular formula is C15H23N3O. The van der Waals surface area contributed by atoms with Gasteiger partial charge in [-0.3, -0.25) is 4.99 Å². The van der Waals surface area contributed by atoms with Gasteiger partial charge in [0, 0.05) is 18.3 Å². The molecule has 1 aromatic carbocycles. The number of nitrogens with zero attached hydrogens (tertiary/aromatic N) is 1. The molecular weight excluding hydrogens is 238 g/mol. The summed E-state index contributed by atoms with van der Waals surface area (Å²) in [6.45, 7) is 3.06. The SMILES string of the molecule is CCCC1(CN=C(N)Nc2cccc(OC)c2)CC1. The molecule has 0 bridgehead atoms. The van der Waals surface area contributed by atoms with Gasteiger partial charge in [-0.1, -0.05) is 19.4 Å². The van der Waals surface area contributed by atoms with Gasteiger partial charge in [0.05, 0.1) is 7.11 Å². The zero-order valence-corrected chi connectivity index (χ0v) is 11.8. The number of rotatable bonds is 6. The highest BCUT2D eigenvalue weighted by molar-refractivity contribution is 5.92. The van der Waals surface area contributed by atoms with E-state index in [0.717, 1.165) is 18.0 Å². The fraction of sp³-hybridized carbons (Fsp3) is 0.533. The number of ether oxygens (including phenoxy) is 1. The molecule has 1 aliphatic carbocycles. The lowest BCUT2D eigenvalue weighted by molar-refractivity contribution is 0.415. The third-order valence-electron chi connectivity index (χ3n) is 3.66. The minimum Gasteiger partial charge on any atom is -0.497 e. The number of hydrogen-bond acceptors (Lipinski definition) is 2. The van der Waals surface area contributed by atoms with Gasteiger partial charge in [-0.25, -0.2) is 0 Å². The molecule has 2 rings (SSSR count). The Hall–Kier alpha value is -1.71. The van der Waals surface area contributed by atoms with Crippen LogP contribution in [-0.4, -0.2) is 19.6 Å². The van der Waals surface area contributed by atoms with Crippen molar-refractivity contribution in [2.45, 2.75) is 32.6 Å². The van der Waals surface area contributed by atoms with Crippen LogP contribution in [0.1, 0.15) is 32.6 Å². The summed E-state index contributed by atoms with van der Waals surface area (Å²) in [4.78, 5) is 4.47. The Labute approximate surface area is 115 Å². The van der Waals surface area contributed by atoms with E-state index in [0.29, 0.717) is 11.4 Å². The second-order valence-electron chi connectivity index (χ2n) is 5.31. The Morgan fingerprint density at radius 2 is 2.26 bits per heavy atom. The number of methoxy groups -OCH3 is 1. The van der Waals surface area contributed by atoms with Crippen molar-refractivity contribution >= 4 is 11.6 Å². The molecule has 1 aliphatic rings. The van der Waals surface area contributed by atoms with Gasteiger partial charge in [0.25, 0.3) is 0 Å². The van der Waals surface area contributed by atoms with Gasteiger partial charge in [-0.2, -0.15) is 0 Å². The van der Waals surface area contributed by atoms with Crippen LogP contribution in [0.25, 0.3) is 0 Å². The summed E-state index contributed by atoms with van der Waals surface area (Å²) in [5.41, 5.74) is 7.27. The second-order valence-corrected chi connectivity index (χ2v) is 5.31. The van der Waals surface area contributed by atoms with Gasteiger partial charge in [-0.15, -0.1) is 0 Å². The monoisotopic (exact) mass is 261 g/mol. The molecule has 0 radical (unpaired) electrons. The van der Waals surface area contributed by atoms with E-state index >= 15 is 0 Å². The molecule has 104 valence electrons. The lowest BCUT2D eigenvalue weighted by Gasteiger charge is -2.12. The molecule has 4 heteroatoms. The van der Waals surface area contributed by atoms with E-state index in [-0.39, 0.29) is 0 Å². The maximum Gasteiger partial charge on any atom is 0.193 e. The number of nitrogens with two attached hydrogens (primary N) is 1. The number of anilines is 1. The second kappa shape index (κ2) is 5.95. The van der Waals surface area contributed by atoms with Gasteiger partial charge in [0.15, 0.2) is 5.96 Å². The molecule has 1 aromatic rings. The standard InChI is InChI=1S/C15H23N3O/c1-3-7-15(8-9-15)11-17-14(16)18-12-5-4-6-13(10-12)19-2/h4-6,10H,3,7-9,11H2,1-2H3,(H3,16,17,18). The van der Waals surface area contributed by atoms with E-state index in [2.05, 4.69) is 17.2 Å². The van der Waals surface area contributed by atoms with Crippen molar-refractivity contribution in [3.63, 3.8) is 0 Å². The Morgan fingerprint density at radius 1 is 1.47 bits per heavy atom. The van der Waals surface area contributed by atoms with E-state index in [1.165, 1.54) is 25.7 Å². The van der Waals surface area contributed by atoms with Crippen molar-refractivity contribution in [2.75, 3.05) is 19.0 Å². The Morgan fingerprint density at radius 3 is 2.89 bits per heavy atom. The first-order chi connectivity index (χ1) is 9.17. The van der Waals surface area contributed by atoms with E-state index in [9.17, 15) is 0 Å². The van der Waals surface area contributed by atoms with Crippen LogP contribution in [0.4, 0.5) is 5.69 Å². The molecule has 0 heterocycles. The molecule has 1 fully saturated rings. The summed E-state index contributed by atoms with van der Waals surface area (Å²) >= 11 is 0. The van der Waals surface area contributed by atoms with Crippen LogP contribution >= 0.6 is 0 Å². The van der Waals surface area contributed by atoms with Gasteiger partial charge >= 0.3 is 0 Å². The minimum atomic E-state index is 0.440. The van der Waals surface area contributed by atoms with Crippen LogP contribution in [0.3, 0.4) is 0 Å². The predicted octanol–water partition coefficient (Wildman–Crippen LogP) is 3.00. The molecule has 19 heavy (non-hydrogen) atoms. The van der Waals surface area contributed by atoms with Crippen LogP contribution in [0, 0.1) is 5.41 Å². The molecule has 0 aromatic heterocycles. The maximum atomic E-state index is 5.93. The third-order valence-corrected chi connectivity index (χ3v) is 3.66. The molecule has 4 nitrogen and oxygen atoms in total. The van der Waals surface area contributed by atoms with Crippen molar-refractivity contribution in [2.24, 2.45) is 16.1 Å². The average Bonchev–Trinajstić information content (AvgIpc) is 3.17. The lowest BCUT2D eigenvalue weighted by Crippen LogP contribution is -2.24. The third kappa shape index (κ3) is 3.88. The van der Waals surface area contributed by atoms with Crippen molar-refractivity contribution < 1.29 is 4.74 Å². The molecule has 0 amide bonds. The zero-order valence-electron chi connectivity index (χ0n) is 11.8. The van der Waals surface area contributed by atoms with E-state index in [4.69, 9.17) is 10.5 Å². The molecule has 0 atom stereocenters. The van der Waals surface area contributed by atoms with Crippen molar-refractivity contribution in [1.29, 1.82) is 0 Å². The molecule has 0 saturated heterocycles. The summed E-state index contributed by atoms with van der Waals surface area (Å²) in [6.07, 6.45) is 5.05. The van der Waals surface area contributed by atoms with Crippen molar-refractivity contribution in [3.05, 3.63) is 24.3 Å². The number of guanidine groups is 1. The highest BCUT2D eigenvalue weighted by Gasteiger charge is 2.41. The molecule has 0 unspecified atom stereocenters. The summed E-state index contributed by atoms with van der Waals surface area (Å²) in [5, 5.41) is 3.11. The topological polar surface area (TPSA) is 59.6 Å². The van der Waals surface area contributed by atoms with Gasteiger partial charge < -0.3 is 15.8 Å². The van der Waals surface area contributed by atoms with Crippen molar-refractivity contribution in [3.8, 4) is 5.75 Å². The largest absolute Gasteiger partial charge is 0.497 e. The fourth-order valence-electron chi connectivity index (χ4n) is 2.34. The molecule has 3 N–H and O–H groups in total. The number of hydrogen-bond donors (Lipinski definition) is 2. The predicted molar refractivity (Wildman–Crippen MR) is 79.7 cm³/mol. The van der Waals surface area contributed by atoms with Crippen LogP contribution in [0.2, 0.25) is 0 Å². The van der Waals surface area contributed by atoms with E-state index in [1.807, 2.05) is 24.3 Å². The quantitative estimate of drug-likeness (QED) is 0.611. The van der Waals surface area contributed by atoms with Crippen molar-refractivity contribution in [1.82, 2.24) is 0 Å². The molecule has 0 spiro atoms. The average molecular weight is 261 g/mol. The highest BCUT2D eigenvalue weighted by atomic mass is 16.5. The minimum absolute atomic E-state index is 0.440. The van der Waals surface area contributed by atoms with Gasteiger partial charge in [0.1, 0.15) is 5.75 Å². The highest BCUT2D eigenvalue weighted by Crippen LogP contribution is 2.49. The first-order valence-corrected chi connectivity index (χ1v) is 6.88. The fourth-order valence-corrected chi connectivity index (χ4v) is 2.34. The van der Waals surface area contributed by atoms with E-state index in [1.54, 1.807) is 7.11 Å². The van der Waals surface area contributed by atoms with Gasteiger partial charge in [0.2, 0.25) is 0 Å². The summed E-state index contributed by atoms with van der Waals surface area (Å²) in [5.74, 6) is 1.29. The summed E-state index contributed by atoms with van der Waals surface area (Å²) in [7, 11) is 1.65. The van der Waals surface area contributed by atoms with Gasteiger partial charge in [-0.05, 0) is 36.8 Å². The Balaban J connectivity index is 1.91. The molecule has 1 saturated carbocycles. The maximum absolute atomic E-state index is 5.93. The first kappa shape index (κ1) is 13.7. The number of nitrogens with one attached hydrogen (secondary N) is 1. The normalized spacial score (nSPS) is 17.1. The smallest absolute Gasteiger partial charge is 0.193 e. The Bertz CT molecular complexity index is 452. The lowest BCUT2D eigenvalue weighted by atomic mass is 10.0. The summed E-state index contributed by atoms with van der Waals surface area (Å²) < 4.78 is 5.17. The van der Waals surface area contributed by atoms with E-state index < -0.39 is 0 Å². The molecule has 0 aliphatic heterocycles. The number of aliphatic imine (C=N–C) groups is 1. The number of benzene rings is 1. The van der Waals surface area contributed by atoms with Crippen LogP contribution < -0.4 is 15.8 Å². The zero-order chi connectivity index (χ0) is 13.7. The van der Waals surface area contributed by atoms with Crippen LogP contribution in [0.5, 0.6) is 5.75 Å². The summed E-state index contributed by atoms with van der Waals surface area (Å²) in [6, 6.07) is 7.68. The van der Waals surface area contributed by atoms with Crippen LogP contribution in [-0.2, 0) is 0 Å². The van der Waals surface area contributed by atoms with Crippen LogP contribution in [0.15, 0.2) is 29.3 Å².